The fourth-order valence-electron chi connectivity index (χ4n) is 6.35. The Hall–Kier alpha value is -5.69. The molecule has 4 rings (SSSR count). The molecule has 0 aliphatic heterocycles. The third kappa shape index (κ3) is 10.7. The molecule has 54 heavy (non-hydrogen) atoms. The fourth-order valence-corrected chi connectivity index (χ4v) is 6.35. The van der Waals surface area contributed by atoms with Gasteiger partial charge in [0.25, 0.3) is 17.7 Å². The van der Waals surface area contributed by atoms with Crippen LogP contribution in [0.25, 0.3) is 0 Å². The third-order valence-electron chi connectivity index (χ3n) is 8.99. The molecule has 4 aromatic rings. The zero-order valence-corrected chi connectivity index (χ0v) is 30.5. The Morgan fingerprint density at radius 2 is 0.852 bits per heavy atom. The van der Waals surface area contributed by atoms with Gasteiger partial charge in [-0.2, -0.15) is 0 Å². The van der Waals surface area contributed by atoms with Gasteiger partial charge in [0, 0.05) is 24.2 Å². The Kier molecular flexibility index (Phi) is 14.0. The molecule has 5 atom stereocenters. The molecular weight excluding hydrogens is 704 g/mol. The van der Waals surface area contributed by atoms with Crippen LogP contribution in [0.15, 0.2) is 97.1 Å². The highest BCUT2D eigenvalue weighted by Gasteiger charge is 2.41. The van der Waals surface area contributed by atoms with Crippen LogP contribution < -0.4 is 10.6 Å². The summed E-state index contributed by atoms with van der Waals surface area (Å²) >= 11 is 0. The first-order chi connectivity index (χ1) is 25.5. The molecule has 9 nitrogen and oxygen atoms in total. The van der Waals surface area contributed by atoms with Gasteiger partial charge in [-0.1, -0.05) is 60.7 Å². The quantitative estimate of drug-likeness (QED) is 0.150. The summed E-state index contributed by atoms with van der Waals surface area (Å²) in [6.45, 7) is 7.77. The normalized spacial score (nSPS) is 14.0. The van der Waals surface area contributed by atoms with E-state index in [2.05, 4.69) is 10.6 Å². The van der Waals surface area contributed by atoms with Crippen LogP contribution >= 0.6 is 0 Å². The van der Waals surface area contributed by atoms with Crippen molar-refractivity contribution in [3.05, 3.63) is 143 Å². The zero-order chi connectivity index (χ0) is 39.7. The Morgan fingerprint density at radius 1 is 0.519 bits per heavy atom. The van der Waals surface area contributed by atoms with Gasteiger partial charge in [-0.05, 0) is 81.1 Å². The van der Waals surface area contributed by atoms with Crippen molar-refractivity contribution in [3.8, 4) is 0 Å². The Balaban J connectivity index is 1.66. The van der Waals surface area contributed by atoms with Gasteiger partial charge in [-0.15, -0.1) is 0 Å². The molecule has 0 heterocycles. The van der Waals surface area contributed by atoms with Crippen LogP contribution in [0.4, 0.5) is 17.6 Å². The summed E-state index contributed by atoms with van der Waals surface area (Å²) in [4.78, 5) is 70.9. The van der Waals surface area contributed by atoms with Crippen molar-refractivity contribution in [2.75, 3.05) is 0 Å². The van der Waals surface area contributed by atoms with E-state index in [1.165, 1.54) is 20.8 Å². The van der Waals surface area contributed by atoms with Crippen molar-refractivity contribution in [3.63, 3.8) is 0 Å². The summed E-state index contributed by atoms with van der Waals surface area (Å²) < 4.78 is 55.1. The third-order valence-corrected chi connectivity index (χ3v) is 8.99. The summed E-state index contributed by atoms with van der Waals surface area (Å²) in [6.07, 6.45) is -1.04. The molecule has 4 aromatic carbocycles. The van der Waals surface area contributed by atoms with Crippen molar-refractivity contribution in [2.24, 2.45) is 0 Å². The molecule has 0 aliphatic carbocycles. The first-order valence-electron chi connectivity index (χ1n) is 17.3. The molecule has 2 N–H and O–H groups in total. The number of rotatable bonds is 14. The largest absolute Gasteiger partial charge is 0.344 e. The van der Waals surface area contributed by atoms with E-state index in [0.29, 0.717) is 17.0 Å². The second-order valence-electron chi connectivity index (χ2n) is 13.1. The molecule has 0 radical (unpaired) electrons. The van der Waals surface area contributed by atoms with Crippen molar-refractivity contribution >= 4 is 29.5 Å². The van der Waals surface area contributed by atoms with Crippen LogP contribution in [-0.4, -0.2) is 57.5 Å². The number of nitrogens with one attached hydrogen (secondary N) is 2. The van der Waals surface area contributed by atoms with Gasteiger partial charge >= 0.3 is 0 Å². The van der Waals surface area contributed by atoms with Crippen molar-refractivity contribution in [1.82, 2.24) is 20.4 Å². The minimum Gasteiger partial charge on any atom is -0.344 e. The first-order valence-corrected chi connectivity index (χ1v) is 17.3. The summed E-state index contributed by atoms with van der Waals surface area (Å²) in [5.41, 5.74) is 1.65. The Morgan fingerprint density at radius 3 is 1.19 bits per heavy atom. The lowest BCUT2D eigenvalue weighted by molar-refractivity contribution is -0.160. The summed E-state index contributed by atoms with van der Waals surface area (Å²) in [5.74, 6) is -8.51. The van der Waals surface area contributed by atoms with Crippen molar-refractivity contribution in [1.29, 1.82) is 0 Å². The lowest BCUT2D eigenvalue weighted by Crippen LogP contribution is -2.60. The molecule has 13 heteroatoms. The average Bonchev–Trinajstić information content (AvgIpc) is 3.11. The van der Waals surface area contributed by atoms with Crippen LogP contribution in [-0.2, 0) is 36.8 Å². The smallest absolute Gasteiger partial charge is 0.258 e. The van der Waals surface area contributed by atoms with E-state index in [1.54, 1.807) is 0 Å². The molecule has 0 spiro atoms. The lowest BCUT2D eigenvalue weighted by Gasteiger charge is -2.40. The maximum atomic E-state index is 14.6. The van der Waals surface area contributed by atoms with Crippen molar-refractivity contribution in [2.45, 2.75) is 77.7 Å². The molecule has 5 amide bonds. The molecule has 0 saturated heterocycles. The standard InChI is InChI=1S/C41H42F4N4O5/c1-24(46-37(50)20-29-16-33(42)22-34(43)17-29)39(52)49(40(53)25(2)47-38(51)21-30-18-35(44)23-36(45)19-30)41(54)28(5)48(26(3)31-12-8-6-9-13-31)27(4)32-14-10-7-11-15-32/h6-19,22-28H,20-21H2,1-5H3,(H,46,50)(H,47,51)/t24-,25-,26-,27+,28-/m0/s1. The molecule has 0 bridgehead atoms. The van der Waals surface area contributed by atoms with Gasteiger partial charge < -0.3 is 10.6 Å². The predicted octanol–water partition coefficient (Wildman–Crippen LogP) is 6.13. The number of amides is 5. The number of hydrogen-bond acceptors (Lipinski definition) is 6. The molecule has 0 aromatic heterocycles. The van der Waals surface area contributed by atoms with E-state index in [4.69, 9.17) is 0 Å². The first kappa shape index (κ1) is 41.1. The zero-order valence-electron chi connectivity index (χ0n) is 30.5. The molecule has 0 unspecified atom stereocenters. The fraction of sp³-hybridized carbons (Fsp3) is 0.293. The lowest BCUT2D eigenvalue weighted by atomic mass is 9.98. The molecule has 284 valence electrons. The summed E-state index contributed by atoms with van der Waals surface area (Å²) in [5, 5.41) is 4.79. The van der Waals surface area contributed by atoms with Gasteiger partial charge in [0.05, 0.1) is 18.9 Å². The highest BCUT2D eigenvalue weighted by Crippen LogP contribution is 2.33. The van der Waals surface area contributed by atoms with E-state index in [0.717, 1.165) is 35.4 Å². The van der Waals surface area contributed by atoms with Crippen LogP contribution in [0.5, 0.6) is 0 Å². The number of hydrogen-bond donors (Lipinski definition) is 2. The van der Waals surface area contributed by atoms with Gasteiger partial charge in [0.2, 0.25) is 11.8 Å². The molecule has 0 aliphatic rings. The minimum atomic E-state index is -1.50. The van der Waals surface area contributed by atoms with Gasteiger partial charge in [0.1, 0.15) is 35.4 Å². The Labute approximate surface area is 311 Å². The molecular formula is C41H42F4N4O5. The van der Waals surface area contributed by atoms with E-state index in [-0.39, 0.29) is 11.1 Å². The van der Waals surface area contributed by atoms with Crippen LogP contribution in [0.2, 0.25) is 0 Å². The second-order valence-corrected chi connectivity index (χ2v) is 13.1. The highest BCUT2D eigenvalue weighted by atomic mass is 19.1. The van der Waals surface area contributed by atoms with E-state index < -0.39 is 95.9 Å². The molecule has 0 saturated carbocycles. The van der Waals surface area contributed by atoms with Gasteiger partial charge in [0.15, 0.2) is 0 Å². The maximum Gasteiger partial charge on any atom is 0.258 e. The van der Waals surface area contributed by atoms with Gasteiger partial charge in [-0.25, -0.2) is 22.5 Å². The summed E-state index contributed by atoms with van der Waals surface area (Å²) in [6, 6.07) is 18.7. The van der Waals surface area contributed by atoms with E-state index >= 15 is 0 Å². The highest BCUT2D eigenvalue weighted by molar-refractivity contribution is 6.15. The van der Waals surface area contributed by atoms with Crippen molar-refractivity contribution < 1.29 is 41.5 Å². The topological polar surface area (TPSA) is 116 Å². The number of imide groups is 3. The number of carbonyl (C=O) groups excluding carboxylic acids is 5. The second kappa shape index (κ2) is 18.4. The number of nitrogens with zero attached hydrogens (tertiary/aromatic N) is 2. The van der Waals surface area contributed by atoms with Crippen LogP contribution in [0.1, 0.15) is 69.0 Å². The summed E-state index contributed by atoms with van der Waals surface area (Å²) in [7, 11) is 0. The van der Waals surface area contributed by atoms with Gasteiger partial charge in [-0.3, -0.25) is 28.9 Å². The molecule has 0 fully saturated rings. The average molecular weight is 747 g/mol. The minimum absolute atomic E-state index is 0.0164. The van der Waals surface area contributed by atoms with Crippen LogP contribution in [0.3, 0.4) is 0 Å². The number of halogens is 4. The van der Waals surface area contributed by atoms with E-state index in [9.17, 15) is 41.5 Å². The van der Waals surface area contributed by atoms with Crippen LogP contribution in [0, 0.1) is 23.3 Å². The predicted molar refractivity (Wildman–Crippen MR) is 193 cm³/mol. The SMILES string of the molecule is C[C@H](NC(=O)Cc1cc(F)cc(F)c1)C(=O)N(C(=O)[C@H](C)NC(=O)Cc1cc(F)cc(F)c1)C(=O)[C@H](C)N([C@H](C)c1ccccc1)[C@@H](C)c1ccccc1. The number of carbonyl (C=O) groups is 5. The Bertz CT molecular complexity index is 1810. The maximum absolute atomic E-state index is 14.6. The monoisotopic (exact) mass is 746 g/mol. The number of benzene rings is 4. The van der Waals surface area contributed by atoms with E-state index in [1.807, 2.05) is 79.4 Å².